The monoisotopic (exact) mass is 373 g/mol. The minimum atomic E-state index is -0.0469. The number of piperidine rings is 2. The number of fused-ring (bicyclic) bond motifs is 2. The first-order valence-electron chi connectivity index (χ1n) is 6.42. The van der Waals surface area contributed by atoms with Crippen molar-refractivity contribution in [1.29, 1.82) is 0 Å². The number of esters is 1. The molecule has 5 nitrogen and oxygen atoms in total. The average Bonchev–Trinajstić information content (AvgIpc) is 2.37. The fourth-order valence-corrected chi connectivity index (χ4v) is 3.90. The van der Waals surface area contributed by atoms with E-state index in [1.807, 2.05) is 13.0 Å². The molecule has 3 fully saturated rings. The van der Waals surface area contributed by atoms with Crippen molar-refractivity contribution >= 4 is 34.4 Å². The highest BCUT2D eigenvalue weighted by Crippen LogP contribution is 2.46. The van der Waals surface area contributed by atoms with Gasteiger partial charge in [-0.25, -0.2) is 9.97 Å². The number of nitrogens with zero attached hydrogens (tertiary/aromatic N) is 3. The van der Waals surface area contributed by atoms with Crippen LogP contribution < -0.4 is 4.90 Å². The summed E-state index contributed by atoms with van der Waals surface area (Å²) < 4.78 is 5.85. The number of aryl methyl sites for hydroxylation is 1. The Kier molecular flexibility index (Phi) is 3.36. The Balaban J connectivity index is 1.76. The lowest BCUT2D eigenvalue weighted by molar-refractivity contribution is -0.157. The number of anilines is 1. The van der Waals surface area contributed by atoms with Gasteiger partial charge in [0, 0.05) is 19.2 Å². The first kappa shape index (κ1) is 13.1. The third-order valence-corrected chi connectivity index (χ3v) is 4.67. The largest absolute Gasteiger partial charge is 0.469 e. The van der Waals surface area contributed by atoms with Crippen molar-refractivity contribution < 1.29 is 9.53 Å². The molecule has 4 rings (SSSR count). The molecule has 1 aromatic rings. The summed E-state index contributed by atoms with van der Waals surface area (Å²) in [5, 5.41) is 0. The van der Waals surface area contributed by atoms with Crippen LogP contribution in [0, 0.1) is 28.4 Å². The molecule has 2 saturated heterocycles. The third-order valence-electron chi connectivity index (χ3n) is 4.12. The molecule has 0 radical (unpaired) electrons. The van der Waals surface area contributed by atoms with Crippen LogP contribution in [-0.2, 0) is 9.53 Å². The number of carbonyl (C=O) groups excluding carboxylic acids is 1. The van der Waals surface area contributed by atoms with Crippen molar-refractivity contribution in [2.75, 3.05) is 25.1 Å². The molecule has 2 bridgehead atoms. The summed E-state index contributed by atoms with van der Waals surface area (Å²) in [5.74, 6) is 2.66. The molecule has 1 aliphatic carbocycles. The molecule has 0 spiro atoms. The maximum atomic E-state index is 11.7. The number of methoxy groups -OCH3 is 1. The fraction of sp³-hybridized carbons (Fsp3) is 0.615. The molecule has 2 unspecified atom stereocenters. The molecule has 2 aliphatic heterocycles. The molecule has 2 atom stereocenters. The Morgan fingerprint density at radius 2 is 2.11 bits per heavy atom. The third kappa shape index (κ3) is 2.30. The van der Waals surface area contributed by atoms with E-state index in [0.29, 0.717) is 11.8 Å². The van der Waals surface area contributed by atoms with Gasteiger partial charge in [-0.15, -0.1) is 0 Å². The second-order valence-electron chi connectivity index (χ2n) is 5.31. The van der Waals surface area contributed by atoms with Crippen molar-refractivity contribution in [2.24, 2.45) is 17.8 Å². The average molecular weight is 373 g/mol. The molecule has 102 valence electrons. The van der Waals surface area contributed by atoms with Crippen LogP contribution in [0.4, 0.5) is 5.82 Å². The number of aromatic nitrogens is 2. The molecule has 1 saturated carbocycles. The predicted molar refractivity (Wildman–Crippen MR) is 78.8 cm³/mol. The minimum Gasteiger partial charge on any atom is -0.469 e. The number of halogens is 1. The highest BCUT2D eigenvalue weighted by molar-refractivity contribution is 14.1. The molecule has 3 aliphatic rings. The van der Waals surface area contributed by atoms with Crippen LogP contribution in [0.3, 0.4) is 0 Å². The van der Waals surface area contributed by atoms with Crippen LogP contribution in [0.2, 0.25) is 0 Å². The van der Waals surface area contributed by atoms with E-state index >= 15 is 0 Å². The van der Waals surface area contributed by atoms with Gasteiger partial charge in [-0.3, -0.25) is 4.79 Å². The maximum absolute atomic E-state index is 11.7. The summed E-state index contributed by atoms with van der Waals surface area (Å²) in [5.41, 5.74) is 0. The first-order valence-corrected chi connectivity index (χ1v) is 7.50. The number of hydrogen-bond donors (Lipinski definition) is 0. The Hall–Kier alpha value is -0.920. The van der Waals surface area contributed by atoms with E-state index in [-0.39, 0.29) is 11.9 Å². The van der Waals surface area contributed by atoms with Gasteiger partial charge in [-0.05, 0) is 47.8 Å². The van der Waals surface area contributed by atoms with Crippen LogP contribution in [0.1, 0.15) is 12.2 Å². The molecule has 0 N–H and O–H groups in total. The smallest absolute Gasteiger partial charge is 0.309 e. The number of hydrogen-bond acceptors (Lipinski definition) is 5. The molecule has 3 heterocycles. The summed E-state index contributed by atoms with van der Waals surface area (Å²) in [6, 6.07) is 2.01. The minimum absolute atomic E-state index is 0.0469. The van der Waals surface area contributed by atoms with Crippen molar-refractivity contribution in [2.45, 2.75) is 13.3 Å². The van der Waals surface area contributed by atoms with Gasteiger partial charge in [-0.1, -0.05) is 0 Å². The van der Waals surface area contributed by atoms with Gasteiger partial charge < -0.3 is 9.64 Å². The van der Waals surface area contributed by atoms with Gasteiger partial charge in [0.15, 0.2) is 0 Å². The lowest BCUT2D eigenvalue weighted by Gasteiger charge is -2.52. The maximum Gasteiger partial charge on any atom is 0.309 e. The molecular formula is C13H16IN3O2. The molecule has 19 heavy (non-hydrogen) atoms. The topological polar surface area (TPSA) is 55.3 Å². The quantitative estimate of drug-likeness (QED) is 0.448. The highest BCUT2D eigenvalue weighted by atomic mass is 127. The molecule has 0 aromatic carbocycles. The lowest BCUT2D eigenvalue weighted by Crippen LogP contribution is -2.58. The van der Waals surface area contributed by atoms with Gasteiger partial charge in [0.25, 0.3) is 0 Å². The normalized spacial score (nSPS) is 28.8. The SMILES string of the molecule is COC(=O)C1C2CC1CN(c1cc(I)nc(C)n1)C2. The zero-order valence-electron chi connectivity index (χ0n) is 11.0. The van der Waals surface area contributed by atoms with Crippen molar-refractivity contribution in [3.63, 3.8) is 0 Å². The van der Waals surface area contributed by atoms with Crippen LogP contribution in [-0.4, -0.2) is 36.1 Å². The van der Waals surface area contributed by atoms with Crippen LogP contribution in [0.5, 0.6) is 0 Å². The van der Waals surface area contributed by atoms with Gasteiger partial charge >= 0.3 is 5.97 Å². The zero-order chi connectivity index (χ0) is 13.6. The first-order chi connectivity index (χ1) is 9.08. The predicted octanol–water partition coefficient (Wildman–Crippen LogP) is 1.63. The standard InChI is InChI=1S/C13H16IN3O2/c1-7-15-10(14)4-11(16-7)17-5-8-3-9(6-17)12(8)13(18)19-2/h4,8-9,12H,3,5-6H2,1-2H3. The van der Waals surface area contributed by atoms with Crippen LogP contribution in [0.25, 0.3) is 0 Å². The summed E-state index contributed by atoms with van der Waals surface area (Å²) in [4.78, 5) is 22.8. The second-order valence-corrected chi connectivity index (χ2v) is 6.41. The van der Waals surface area contributed by atoms with E-state index in [4.69, 9.17) is 4.74 Å². The Morgan fingerprint density at radius 3 is 2.68 bits per heavy atom. The summed E-state index contributed by atoms with van der Waals surface area (Å²) in [6.07, 6.45) is 1.14. The second kappa shape index (κ2) is 4.88. The Labute approximate surface area is 125 Å². The number of rotatable bonds is 2. The van der Waals surface area contributed by atoms with Crippen molar-refractivity contribution in [3.05, 3.63) is 15.6 Å². The van der Waals surface area contributed by atoms with E-state index < -0.39 is 0 Å². The van der Waals surface area contributed by atoms with Crippen molar-refractivity contribution in [3.8, 4) is 0 Å². The lowest BCUT2D eigenvalue weighted by atomic mass is 9.61. The van der Waals surface area contributed by atoms with E-state index in [1.54, 1.807) is 0 Å². The van der Waals surface area contributed by atoms with Crippen LogP contribution >= 0.6 is 22.6 Å². The molecule has 1 aromatic heterocycles. The number of ether oxygens (including phenoxy) is 1. The van der Waals surface area contributed by atoms with Gasteiger partial charge in [-0.2, -0.15) is 0 Å². The number of carbonyl (C=O) groups is 1. The van der Waals surface area contributed by atoms with E-state index in [0.717, 1.165) is 34.9 Å². The van der Waals surface area contributed by atoms with Crippen LogP contribution in [0.15, 0.2) is 6.07 Å². The van der Waals surface area contributed by atoms with E-state index in [2.05, 4.69) is 37.5 Å². The van der Waals surface area contributed by atoms with Gasteiger partial charge in [0.2, 0.25) is 0 Å². The zero-order valence-corrected chi connectivity index (χ0v) is 13.1. The summed E-state index contributed by atoms with van der Waals surface area (Å²) >= 11 is 2.21. The fourth-order valence-electron chi connectivity index (χ4n) is 3.27. The Morgan fingerprint density at radius 1 is 1.42 bits per heavy atom. The Bertz CT molecular complexity index is 490. The van der Waals surface area contributed by atoms with Gasteiger partial charge in [0.1, 0.15) is 15.3 Å². The highest BCUT2D eigenvalue weighted by Gasteiger charge is 2.51. The summed E-state index contributed by atoms with van der Waals surface area (Å²) in [7, 11) is 1.48. The molecule has 6 heteroatoms. The van der Waals surface area contributed by atoms with E-state index in [1.165, 1.54) is 7.11 Å². The molecular weight excluding hydrogens is 357 g/mol. The van der Waals surface area contributed by atoms with E-state index in [9.17, 15) is 4.79 Å². The van der Waals surface area contributed by atoms with Gasteiger partial charge in [0.05, 0.1) is 13.0 Å². The molecule has 0 amide bonds. The summed E-state index contributed by atoms with van der Waals surface area (Å²) in [6.45, 7) is 3.69. The van der Waals surface area contributed by atoms with Crippen molar-refractivity contribution in [1.82, 2.24) is 9.97 Å².